The summed E-state index contributed by atoms with van der Waals surface area (Å²) < 4.78 is 19.3. The molecule has 1 atom stereocenters. The summed E-state index contributed by atoms with van der Waals surface area (Å²) in [5.74, 6) is 0.401. The summed E-state index contributed by atoms with van der Waals surface area (Å²) in [7, 11) is 1.87. The molecule has 0 saturated heterocycles. The van der Waals surface area contributed by atoms with Crippen LogP contribution in [0.5, 0.6) is 0 Å². The molecule has 0 radical (unpaired) electrons. The lowest BCUT2D eigenvalue weighted by Gasteiger charge is -2.18. The van der Waals surface area contributed by atoms with Crippen LogP contribution in [0, 0.1) is 12.7 Å². The van der Waals surface area contributed by atoms with Gasteiger partial charge in [0.1, 0.15) is 16.2 Å². The number of benzene rings is 1. The molecule has 0 amide bonds. The predicted molar refractivity (Wildman–Crippen MR) is 115 cm³/mol. The highest BCUT2D eigenvalue weighted by Gasteiger charge is 2.21. The lowest BCUT2D eigenvalue weighted by molar-refractivity contribution is 0.557. The molecule has 150 valence electrons. The summed E-state index contributed by atoms with van der Waals surface area (Å²) in [4.78, 5) is 17.7. The van der Waals surface area contributed by atoms with E-state index >= 15 is 4.39 Å². The third-order valence-corrected chi connectivity index (χ3v) is 5.61. The zero-order valence-corrected chi connectivity index (χ0v) is 18.1. The maximum absolute atomic E-state index is 15.1. The van der Waals surface area contributed by atoms with Crippen LogP contribution in [-0.2, 0) is 7.05 Å². The number of pyridine rings is 1. The van der Waals surface area contributed by atoms with Gasteiger partial charge in [-0.1, -0.05) is 0 Å². The van der Waals surface area contributed by atoms with Gasteiger partial charge in [-0.05, 0) is 41.9 Å². The number of aromatic nitrogens is 7. The van der Waals surface area contributed by atoms with E-state index in [0.29, 0.717) is 27.0 Å². The molecule has 1 aromatic carbocycles. The first-order valence-corrected chi connectivity index (χ1v) is 10.2. The predicted octanol–water partition coefficient (Wildman–Crippen LogP) is 4.59. The molecule has 5 aromatic rings. The Morgan fingerprint density at radius 3 is 2.63 bits per heavy atom. The molecule has 5 rings (SSSR count). The van der Waals surface area contributed by atoms with E-state index in [0.717, 1.165) is 22.3 Å². The first kappa shape index (κ1) is 18.8. The Bertz CT molecular complexity index is 1420. The van der Waals surface area contributed by atoms with Crippen LogP contribution in [0.15, 0.2) is 47.6 Å². The monoisotopic (exact) mass is 465 g/mol. The van der Waals surface area contributed by atoms with Gasteiger partial charge >= 0.3 is 0 Å². The second-order valence-electron chi connectivity index (χ2n) is 7.24. The van der Waals surface area contributed by atoms with Gasteiger partial charge in [0.25, 0.3) is 0 Å². The van der Waals surface area contributed by atoms with Crippen molar-refractivity contribution in [3.05, 3.63) is 64.8 Å². The summed E-state index contributed by atoms with van der Waals surface area (Å²) in [5, 5.41) is 5.07. The Kier molecular flexibility index (Phi) is 4.35. The summed E-state index contributed by atoms with van der Waals surface area (Å²) in [6.07, 6.45) is 7.05. The summed E-state index contributed by atoms with van der Waals surface area (Å²) in [6.45, 7) is 3.80. The van der Waals surface area contributed by atoms with Gasteiger partial charge in [0.2, 0.25) is 0 Å². The zero-order valence-electron chi connectivity index (χ0n) is 16.5. The van der Waals surface area contributed by atoms with Gasteiger partial charge in [-0.25, -0.2) is 19.3 Å². The van der Waals surface area contributed by atoms with Crippen molar-refractivity contribution >= 4 is 38.1 Å². The van der Waals surface area contributed by atoms with E-state index in [1.54, 1.807) is 23.3 Å². The van der Waals surface area contributed by atoms with Crippen LogP contribution in [0.1, 0.15) is 24.4 Å². The van der Waals surface area contributed by atoms with Crippen LogP contribution in [0.2, 0.25) is 0 Å². The number of imidazole rings is 1. The third kappa shape index (κ3) is 3.06. The molecule has 0 bridgehead atoms. The highest BCUT2D eigenvalue weighted by Crippen LogP contribution is 2.30. The van der Waals surface area contributed by atoms with Crippen LogP contribution < -0.4 is 0 Å². The minimum absolute atomic E-state index is 0.319. The number of rotatable bonds is 3. The van der Waals surface area contributed by atoms with Crippen LogP contribution >= 0.6 is 15.9 Å². The average Bonchev–Trinajstić information content (AvgIpc) is 3.29. The van der Waals surface area contributed by atoms with Gasteiger partial charge in [-0.2, -0.15) is 5.10 Å². The molecule has 0 spiro atoms. The molecule has 7 nitrogen and oxygen atoms in total. The van der Waals surface area contributed by atoms with Crippen LogP contribution in [0.4, 0.5) is 4.39 Å². The molecule has 1 unspecified atom stereocenters. The van der Waals surface area contributed by atoms with Crippen molar-refractivity contribution < 1.29 is 4.39 Å². The summed E-state index contributed by atoms with van der Waals surface area (Å²) in [6, 6.07) is 5.00. The van der Waals surface area contributed by atoms with Crippen molar-refractivity contribution in [1.29, 1.82) is 0 Å². The number of hydrogen-bond acceptors (Lipinski definition) is 5. The maximum Gasteiger partial charge on any atom is 0.197 e. The third-order valence-electron chi connectivity index (χ3n) is 5.23. The normalized spacial score (nSPS) is 12.7. The molecule has 0 N–H and O–H groups in total. The second kappa shape index (κ2) is 6.94. The second-order valence-corrected chi connectivity index (χ2v) is 8.05. The zero-order chi connectivity index (χ0) is 21.0. The fraction of sp³-hybridized carbons (Fsp3) is 0.190. The Morgan fingerprint density at radius 2 is 1.87 bits per heavy atom. The van der Waals surface area contributed by atoms with Gasteiger partial charge in [0, 0.05) is 47.6 Å². The Balaban J connectivity index is 1.65. The maximum atomic E-state index is 15.1. The molecule has 0 aliphatic rings. The molecule has 4 heterocycles. The molecule has 9 heteroatoms. The van der Waals surface area contributed by atoms with E-state index in [4.69, 9.17) is 0 Å². The standard InChI is InChI=1S/C21H17BrFN7/c1-11(30-12(2)27-20-21(30)28-19(22)9-25-20)16-5-13-4-14(15-8-26-29(3)10-15)7-24-18(13)6-17(16)23/h4-11H,1-3H3. The molecular weight excluding hydrogens is 449 g/mol. The molecule has 0 saturated carbocycles. The highest BCUT2D eigenvalue weighted by atomic mass is 79.9. The highest BCUT2D eigenvalue weighted by molar-refractivity contribution is 9.10. The topological polar surface area (TPSA) is 74.3 Å². The Hall–Kier alpha value is -3.20. The first-order valence-electron chi connectivity index (χ1n) is 9.36. The van der Waals surface area contributed by atoms with Crippen molar-refractivity contribution in [1.82, 2.24) is 34.3 Å². The Labute approximate surface area is 179 Å². The first-order chi connectivity index (χ1) is 14.4. The van der Waals surface area contributed by atoms with Crippen molar-refractivity contribution in [2.45, 2.75) is 19.9 Å². The van der Waals surface area contributed by atoms with Crippen molar-refractivity contribution in [2.24, 2.45) is 7.05 Å². The van der Waals surface area contributed by atoms with Crippen molar-refractivity contribution in [3.8, 4) is 11.1 Å². The fourth-order valence-corrected chi connectivity index (χ4v) is 4.04. The lowest BCUT2D eigenvalue weighted by Crippen LogP contribution is -2.11. The van der Waals surface area contributed by atoms with E-state index in [9.17, 15) is 0 Å². The van der Waals surface area contributed by atoms with Gasteiger partial charge in [0.05, 0.1) is 24.0 Å². The minimum atomic E-state index is -0.329. The van der Waals surface area contributed by atoms with E-state index < -0.39 is 0 Å². The molecule has 30 heavy (non-hydrogen) atoms. The number of aryl methyl sites for hydroxylation is 2. The lowest BCUT2D eigenvalue weighted by atomic mass is 10.0. The van der Waals surface area contributed by atoms with Crippen LogP contribution in [0.25, 0.3) is 33.3 Å². The number of nitrogens with zero attached hydrogens (tertiary/aromatic N) is 7. The molecular formula is C21H17BrFN7. The van der Waals surface area contributed by atoms with Gasteiger partial charge in [-0.15, -0.1) is 0 Å². The van der Waals surface area contributed by atoms with Gasteiger partial charge < -0.3 is 4.57 Å². The largest absolute Gasteiger partial charge is 0.304 e. The minimum Gasteiger partial charge on any atom is -0.304 e. The molecule has 4 aromatic heterocycles. The van der Waals surface area contributed by atoms with E-state index in [1.165, 1.54) is 6.07 Å². The number of fused-ring (bicyclic) bond motifs is 2. The molecule has 0 aliphatic carbocycles. The van der Waals surface area contributed by atoms with Gasteiger partial charge in [0.15, 0.2) is 11.3 Å². The summed E-state index contributed by atoms with van der Waals surface area (Å²) in [5.41, 5.74) is 4.17. The fourth-order valence-electron chi connectivity index (χ4n) is 3.77. The summed E-state index contributed by atoms with van der Waals surface area (Å²) >= 11 is 3.36. The van der Waals surface area contributed by atoms with E-state index in [-0.39, 0.29) is 11.9 Å². The van der Waals surface area contributed by atoms with Crippen LogP contribution in [0.3, 0.4) is 0 Å². The number of halogens is 2. The molecule has 0 fully saturated rings. The van der Waals surface area contributed by atoms with E-state index in [2.05, 4.69) is 41.0 Å². The van der Waals surface area contributed by atoms with Crippen molar-refractivity contribution in [3.63, 3.8) is 0 Å². The Morgan fingerprint density at radius 1 is 1.03 bits per heavy atom. The number of hydrogen-bond donors (Lipinski definition) is 0. The quantitative estimate of drug-likeness (QED) is 0.389. The van der Waals surface area contributed by atoms with Gasteiger partial charge in [-0.3, -0.25) is 9.67 Å². The average molecular weight is 466 g/mol. The SMILES string of the molecule is Cc1nc2ncc(Br)nc2n1C(C)c1cc2cc(-c3cnn(C)c3)cnc2cc1F. The van der Waals surface area contributed by atoms with Crippen molar-refractivity contribution in [2.75, 3.05) is 0 Å². The smallest absolute Gasteiger partial charge is 0.197 e. The molecule has 0 aliphatic heterocycles. The van der Waals surface area contributed by atoms with E-state index in [1.807, 2.05) is 43.8 Å². The van der Waals surface area contributed by atoms with Crippen LogP contribution in [-0.4, -0.2) is 34.3 Å².